The fourth-order valence-electron chi connectivity index (χ4n) is 2.78. The molecule has 2 N–H and O–H groups in total. The largest absolute Gasteiger partial charge is 0.377 e. The molecule has 0 amide bonds. The Morgan fingerprint density at radius 3 is 2.23 bits per heavy atom. The number of aryl methyl sites for hydroxylation is 1. The molecule has 0 spiro atoms. The van der Waals surface area contributed by atoms with Crippen molar-refractivity contribution in [2.75, 3.05) is 38.6 Å². The molecule has 0 radical (unpaired) electrons. The molecule has 26 heavy (non-hydrogen) atoms. The quantitative estimate of drug-likeness (QED) is 0.743. The van der Waals surface area contributed by atoms with Gasteiger partial charge in [-0.1, -0.05) is 36.4 Å². The molecule has 7 heteroatoms. The fraction of sp³-hybridized carbons (Fsp3) is 0.368. The lowest BCUT2D eigenvalue weighted by Gasteiger charge is -2.23. The van der Waals surface area contributed by atoms with E-state index in [0.29, 0.717) is 31.0 Å². The van der Waals surface area contributed by atoms with Gasteiger partial charge < -0.3 is 10.6 Å². The highest BCUT2D eigenvalue weighted by atomic mass is 35.5. The van der Waals surface area contributed by atoms with Gasteiger partial charge in [-0.3, -0.25) is 0 Å². The summed E-state index contributed by atoms with van der Waals surface area (Å²) in [4.78, 5) is 2.23. The highest BCUT2D eigenvalue weighted by Crippen LogP contribution is 2.24. The maximum Gasteiger partial charge on any atom is 0.243 e. The number of hydrogen-bond donors (Lipinski definition) is 1. The summed E-state index contributed by atoms with van der Waals surface area (Å²) in [6.45, 7) is 2.98. The van der Waals surface area contributed by atoms with Gasteiger partial charge >= 0.3 is 0 Å². The summed E-state index contributed by atoms with van der Waals surface area (Å²) in [5.74, 6) is 0. The third-order valence-corrected chi connectivity index (χ3v) is 6.07. The number of anilines is 1. The van der Waals surface area contributed by atoms with E-state index in [4.69, 9.17) is 5.73 Å². The van der Waals surface area contributed by atoms with Crippen LogP contribution in [-0.4, -0.2) is 46.5 Å². The number of benzene rings is 2. The lowest BCUT2D eigenvalue weighted by Crippen LogP contribution is -2.37. The van der Waals surface area contributed by atoms with Crippen molar-refractivity contribution in [2.45, 2.75) is 18.2 Å². The van der Waals surface area contributed by atoms with E-state index in [0.717, 1.165) is 16.8 Å². The number of nitrogens with zero attached hydrogens (tertiary/aromatic N) is 2. The summed E-state index contributed by atoms with van der Waals surface area (Å²) in [5, 5.41) is 0. The van der Waals surface area contributed by atoms with Crippen molar-refractivity contribution < 1.29 is 8.42 Å². The first-order valence-corrected chi connectivity index (χ1v) is 9.82. The van der Waals surface area contributed by atoms with Crippen molar-refractivity contribution in [1.29, 1.82) is 0 Å². The maximum absolute atomic E-state index is 13.1. The topological polar surface area (TPSA) is 66.6 Å². The molecule has 0 atom stereocenters. The first-order valence-electron chi connectivity index (χ1n) is 8.38. The van der Waals surface area contributed by atoms with E-state index in [2.05, 4.69) is 0 Å². The molecule has 0 saturated carbocycles. The molecule has 5 nitrogen and oxygen atoms in total. The van der Waals surface area contributed by atoms with E-state index in [-0.39, 0.29) is 12.4 Å². The Hall–Kier alpha value is -1.60. The number of nitrogens with two attached hydrogens (primary N) is 1. The minimum absolute atomic E-state index is 0. The highest BCUT2D eigenvalue weighted by molar-refractivity contribution is 7.89. The van der Waals surface area contributed by atoms with Crippen molar-refractivity contribution >= 4 is 28.1 Å². The summed E-state index contributed by atoms with van der Waals surface area (Å²) in [7, 11) is 0.238. The van der Waals surface area contributed by atoms with Crippen LogP contribution >= 0.6 is 12.4 Å². The lowest BCUT2D eigenvalue weighted by atomic mass is 10.1. The van der Waals surface area contributed by atoms with Crippen LogP contribution in [0.25, 0.3) is 0 Å². The molecule has 0 heterocycles. The Labute approximate surface area is 163 Å². The van der Waals surface area contributed by atoms with Crippen LogP contribution in [0.15, 0.2) is 53.4 Å². The van der Waals surface area contributed by atoms with Crippen molar-refractivity contribution in [1.82, 2.24) is 4.31 Å². The van der Waals surface area contributed by atoms with Gasteiger partial charge in [0.1, 0.15) is 0 Å². The van der Waals surface area contributed by atoms with E-state index in [1.54, 1.807) is 12.1 Å². The predicted octanol–water partition coefficient (Wildman–Crippen LogP) is 2.67. The van der Waals surface area contributed by atoms with Crippen LogP contribution in [0.2, 0.25) is 0 Å². The molecule has 144 valence electrons. The first kappa shape index (κ1) is 22.4. The summed E-state index contributed by atoms with van der Waals surface area (Å²) < 4.78 is 27.6. The summed E-state index contributed by atoms with van der Waals surface area (Å²) >= 11 is 0. The SMILES string of the molecule is Cc1ccc(S(=O)(=O)N(CCN)CCc2ccccc2)cc1N(C)C.Cl. The zero-order valence-electron chi connectivity index (χ0n) is 15.6. The van der Waals surface area contributed by atoms with Gasteiger partial charge in [0.15, 0.2) is 0 Å². The zero-order chi connectivity index (χ0) is 18.4. The second-order valence-electron chi connectivity index (χ2n) is 6.27. The van der Waals surface area contributed by atoms with E-state index in [1.165, 1.54) is 4.31 Å². The first-order chi connectivity index (χ1) is 11.9. The molecule has 2 aromatic carbocycles. The molecule has 0 aliphatic heterocycles. The van der Waals surface area contributed by atoms with E-state index in [9.17, 15) is 8.42 Å². The Balaban J connectivity index is 0.00000338. The van der Waals surface area contributed by atoms with Crippen LogP contribution in [0.5, 0.6) is 0 Å². The molecule has 0 aromatic heterocycles. The molecule has 0 saturated heterocycles. The van der Waals surface area contributed by atoms with Gasteiger partial charge in [0.05, 0.1) is 4.90 Å². The Kier molecular flexibility index (Phi) is 8.56. The molecule has 0 bridgehead atoms. The summed E-state index contributed by atoms with van der Waals surface area (Å²) in [6, 6.07) is 15.1. The molecular formula is C19H28ClN3O2S. The normalized spacial score (nSPS) is 11.3. The predicted molar refractivity (Wildman–Crippen MR) is 111 cm³/mol. The van der Waals surface area contributed by atoms with Gasteiger partial charge in [-0.2, -0.15) is 4.31 Å². The molecule has 0 unspecified atom stereocenters. The minimum Gasteiger partial charge on any atom is -0.377 e. The van der Waals surface area contributed by atoms with Crippen molar-refractivity contribution in [3.05, 3.63) is 59.7 Å². The van der Waals surface area contributed by atoms with Crippen molar-refractivity contribution in [3.8, 4) is 0 Å². The van der Waals surface area contributed by atoms with Crippen molar-refractivity contribution in [2.24, 2.45) is 5.73 Å². The Morgan fingerprint density at radius 1 is 1.00 bits per heavy atom. The summed E-state index contributed by atoms with van der Waals surface area (Å²) in [6.07, 6.45) is 0.659. The van der Waals surface area contributed by atoms with Crippen LogP contribution in [0.1, 0.15) is 11.1 Å². The molecule has 2 aromatic rings. The zero-order valence-corrected chi connectivity index (χ0v) is 17.2. The number of halogens is 1. The number of sulfonamides is 1. The fourth-order valence-corrected chi connectivity index (χ4v) is 4.25. The number of rotatable bonds is 8. The lowest BCUT2D eigenvalue weighted by molar-refractivity contribution is 0.421. The van der Waals surface area contributed by atoms with E-state index in [1.807, 2.05) is 62.3 Å². The van der Waals surface area contributed by atoms with Gasteiger partial charge in [-0.25, -0.2) is 8.42 Å². The van der Waals surface area contributed by atoms with Crippen molar-refractivity contribution in [3.63, 3.8) is 0 Å². The second-order valence-corrected chi connectivity index (χ2v) is 8.21. The summed E-state index contributed by atoms with van der Waals surface area (Å²) in [5.41, 5.74) is 8.71. The smallest absolute Gasteiger partial charge is 0.243 e. The van der Waals surface area contributed by atoms with Gasteiger partial charge in [0, 0.05) is 39.4 Å². The highest BCUT2D eigenvalue weighted by Gasteiger charge is 2.24. The Bertz CT molecular complexity index is 796. The van der Waals surface area contributed by atoms with Gasteiger partial charge in [-0.15, -0.1) is 12.4 Å². The number of hydrogen-bond acceptors (Lipinski definition) is 4. The molecule has 0 aliphatic rings. The minimum atomic E-state index is -3.58. The Morgan fingerprint density at radius 2 is 1.65 bits per heavy atom. The molecule has 0 fully saturated rings. The third-order valence-electron chi connectivity index (χ3n) is 4.17. The van der Waals surface area contributed by atoms with Crippen LogP contribution in [0, 0.1) is 6.92 Å². The van der Waals surface area contributed by atoms with Gasteiger partial charge in [0.2, 0.25) is 10.0 Å². The monoisotopic (exact) mass is 397 g/mol. The third kappa shape index (κ3) is 5.45. The standard InChI is InChI=1S/C19H27N3O2S.ClH/c1-16-9-10-18(15-19(16)21(2)3)25(23,24)22(14-12-20)13-11-17-7-5-4-6-8-17;/h4-10,15H,11-14,20H2,1-3H3;1H. The maximum atomic E-state index is 13.1. The molecule has 0 aliphatic carbocycles. The van der Waals surface area contributed by atoms with Crippen LogP contribution in [0.3, 0.4) is 0 Å². The van der Waals surface area contributed by atoms with Crippen LogP contribution < -0.4 is 10.6 Å². The van der Waals surface area contributed by atoms with Gasteiger partial charge in [0.25, 0.3) is 0 Å². The van der Waals surface area contributed by atoms with Crippen LogP contribution in [0.4, 0.5) is 5.69 Å². The average Bonchev–Trinajstić information content (AvgIpc) is 2.59. The second kappa shape index (κ2) is 9.92. The van der Waals surface area contributed by atoms with E-state index < -0.39 is 10.0 Å². The van der Waals surface area contributed by atoms with Gasteiger partial charge in [-0.05, 0) is 36.6 Å². The molecule has 2 rings (SSSR count). The average molecular weight is 398 g/mol. The van der Waals surface area contributed by atoms with Crippen LogP contribution in [-0.2, 0) is 16.4 Å². The van der Waals surface area contributed by atoms with E-state index >= 15 is 0 Å². The molecular weight excluding hydrogens is 370 g/mol.